The molecule has 4 nitrogen and oxygen atoms in total. The van der Waals surface area contributed by atoms with Gasteiger partial charge in [0, 0.05) is 24.8 Å². The summed E-state index contributed by atoms with van der Waals surface area (Å²) in [5.74, 6) is 0.975. The zero-order valence-electron chi connectivity index (χ0n) is 13.9. The van der Waals surface area contributed by atoms with Crippen molar-refractivity contribution in [2.45, 2.75) is 50.2 Å². The summed E-state index contributed by atoms with van der Waals surface area (Å²) in [6.45, 7) is 1.95. The zero-order chi connectivity index (χ0) is 16.4. The molecule has 2 aliphatic rings. The Bertz CT molecular complexity index is 646. The number of halogens is 1. The summed E-state index contributed by atoms with van der Waals surface area (Å²) in [7, 11) is 0. The highest BCUT2D eigenvalue weighted by molar-refractivity contribution is 9.10. The van der Waals surface area contributed by atoms with Gasteiger partial charge in [-0.15, -0.1) is 0 Å². The van der Waals surface area contributed by atoms with E-state index in [2.05, 4.69) is 36.8 Å². The minimum atomic E-state index is 0.561. The smallest absolute Gasteiger partial charge is 0.119 e. The Balaban J connectivity index is 1.27. The molecule has 3 heterocycles. The second-order valence-corrected chi connectivity index (χ2v) is 7.82. The van der Waals surface area contributed by atoms with Gasteiger partial charge in [0.15, 0.2) is 0 Å². The lowest BCUT2D eigenvalue weighted by Gasteiger charge is -2.39. The van der Waals surface area contributed by atoms with Crippen LogP contribution in [0.15, 0.2) is 47.2 Å². The molecule has 0 saturated carbocycles. The fraction of sp³-hybridized carbons (Fsp3) is 0.526. The lowest BCUT2D eigenvalue weighted by molar-refractivity contribution is 0.0958. The van der Waals surface area contributed by atoms with Crippen LogP contribution in [0.25, 0.3) is 0 Å². The Kier molecular flexibility index (Phi) is 4.90. The van der Waals surface area contributed by atoms with Crippen LogP contribution < -0.4 is 4.74 Å². The summed E-state index contributed by atoms with van der Waals surface area (Å²) >= 11 is 3.51. The van der Waals surface area contributed by atoms with Gasteiger partial charge in [0.2, 0.25) is 0 Å². The molecule has 0 spiro atoms. The number of piperidine rings is 1. The maximum atomic E-state index is 5.84. The van der Waals surface area contributed by atoms with Gasteiger partial charge in [-0.2, -0.15) is 5.10 Å². The number of aromatic nitrogens is 2. The SMILES string of the molecule is Brc1cnn(C2CC3CCC(C2)N3CCCOc2ccccc2)c1. The van der Waals surface area contributed by atoms with E-state index in [9.17, 15) is 0 Å². The topological polar surface area (TPSA) is 30.3 Å². The summed E-state index contributed by atoms with van der Waals surface area (Å²) in [5.41, 5.74) is 0. The van der Waals surface area contributed by atoms with Gasteiger partial charge in [-0.05, 0) is 60.2 Å². The normalized spacial score (nSPS) is 26.6. The van der Waals surface area contributed by atoms with Crippen molar-refractivity contribution in [2.75, 3.05) is 13.2 Å². The summed E-state index contributed by atoms with van der Waals surface area (Å²) in [6.07, 6.45) is 10.2. The first-order valence-electron chi connectivity index (χ1n) is 8.93. The van der Waals surface area contributed by atoms with Crippen molar-refractivity contribution in [1.82, 2.24) is 14.7 Å². The van der Waals surface area contributed by atoms with Crippen molar-refractivity contribution >= 4 is 15.9 Å². The molecule has 5 heteroatoms. The monoisotopic (exact) mass is 389 g/mol. The molecule has 2 aliphatic heterocycles. The Morgan fingerprint density at radius 3 is 2.50 bits per heavy atom. The number of fused-ring (bicyclic) bond motifs is 2. The largest absolute Gasteiger partial charge is 0.494 e. The molecule has 1 aromatic heterocycles. The molecule has 0 aliphatic carbocycles. The Hall–Kier alpha value is -1.33. The molecular formula is C19H24BrN3O. The maximum Gasteiger partial charge on any atom is 0.119 e. The molecular weight excluding hydrogens is 366 g/mol. The van der Waals surface area contributed by atoms with Crippen molar-refractivity contribution < 1.29 is 4.74 Å². The number of rotatable bonds is 6. The van der Waals surface area contributed by atoms with Crippen LogP contribution in [-0.2, 0) is 0 Å². The van der Waals surface area contributed by atoms with Gasteiger partial charge in [-0.1, -0.05) is 18.2 Å². The molecule has 0 radical (unpaired) electrons. The number of hydrogen-bond donors (Lipinski definition) is 0. The van der Waals surface area contributed by atoms with Crippen molar-refractivity contribution in [3.8, 4) is 5.75 Å². The Morgan fingerprint density at radius 2 is 1.83 bits per heavy atom. The maximum absolute atomic E-state index is 5.84. The number of hydrogen-bond acceptors (Lipinski definition) is 3. The van der Waals surface area contributed by atoms with E-state index >= 15 is 0 Å². The quantitative estimate of drug-likeness (QED) is 0.690. The number of para-hydroxylation sites is 1. The molecule has 128 valence electrons. The van der Waals surface area contributed by atoms with Gasteiger partial charge < -0.3 is 4.74 Å². The van der Waals surface area contributed by atoms with Crippen molar-refractivity contribution in [2.24, 2.45) is 0 Å². The van der Waals surface area contributed by atoms with Crippen LogP contribution in [0.1, 0.15) is 38.1 Å². The fourth-order valence-corrected chi connectivity index (χ4v) is 4.60. The highest BCUT2D eigenvalue weighted by Gasteiger charge is 2.40. The first-order valence-corrected chi connectivity index (χ1v) is 9.72. The van der Waals surface area contributed by atoms with E-state index in [4.69, 9.17) is 4.74 Å². The van der Waals surface area contributed by atoms with Gasteiger partial charge in [0.1, 0.15) is 5.75 Å². The average molecular weight is 390 g/mol. The van der Waals surface area contributed by atoms with Crippen molar-refractivity contribution in [3.63, 3.8) is 0 Å². The van der Waals surface area contributed by atoms with E-state index in [-0.39, 0.29) is 0 Å². The molecule has 2 unspecified atom stereocenters. The predicted molar refractivity (Wildman–Crippen MR) is 98.3 cm³/mol. The van der Waals surface area contributed by atoms with Gasteiger partial charge >= 0.3 is 0 Å². The summed E-state index contributed by atoms with van der Waals surface area (Å²) in [5, 5.41) is 4.50. The third-order valence-corrected chi connectivity index (χ3v) is 5.79. The van der Waals surface area contributed by atoms with Gasteiger partial charge in [-0.3, -0.25) is 9.58 Å². The molecule has 4 rings (SSSR count). The molecule has 2 aromatic rings. The van der Waals surface area contributed by atoms with Crippen molar-refractivity contribution in [3.05, 3.63) is 47.2 Å². The standard InChI is InChI=1S/C19H24BrN3O/c20-15-13-21-23(14-15)18-11-16-7-8-17(12-18)22(16)9-4-10-24-19-5-2-1-3-6-19/h1-3,5-6,13-14,16-18H,4,7-12H2. The minimum absolute atomic E-state index is 0.561. The van der Waals surface area contributed by atoms with Crippen LogP contribution in [0.3, 0.4) is 0 Å². The van der Waals surface area contributed by atoms with Crippen LogP contribution in [0.4, 0.5) is 0 Å². The minimum Gasteiger partial charge on any atom is -0.494 e. The summed E-state index contributed by atoms with van der Waals surface area (Å²) in [6, 6.07) is 12.1. The number of nitrogens with zero attached hydrogens (tertiary/aromatic N) is 3. The van der Waals surface area contributed by atoms with E-state index in [1.54, 1.807) is 0 Å². The Morgan fingerprint density at radius 1 is 1.08 bits per heavy atom. The second-order valence-electron chi connectivity index (χ2n) is 6.90. The van der Waals surface area contributed by atoms with E-state index < -0.39 is 0 Å². The lowest BCUT2D eigenvalue weighted by Crippen LogP contribution is -2.44. The van der Waals surface area contributed by atoms with E-state index in [0.717, 1.165) is 29.8 Å². The zero-order valence-corrected chi connectivity index (χ0v) is 15.4. The molecule has 2 atom stereocenters. The Labute approximate surface area is 151 Å². The first kappa shape index (κ1) is 16.2. The van der Waals surface area contributed by atoms with E-state index in [0.29, 0.717) is 18.1 Å². The summed E-state index contributed by atoms with van der Waals surface area (Å²) < 4.78 is 9.07. The molecule has 2 bridgehead atoms. The predicted octanol–water partition coefficient (Wildman–Crippen LogP) is 4.28. The van der Waals surface area contributed by atoms with Crippen molar-refractivity contribution in [1.29, 1.82) is 0 Å². The summed E-state index contributed by atoms with van der Waals surface area (Å²) in [4.78, 5) is 2.73. The van der Waals surface area contributed by atoms with E-state index in [1.165, 1.54) is 25.7 Å². The molecule has 2 fully saturated rings. The molecule has 24 heavy (non-hydrogen) atoms. The second kappa shape index (κ2) is 7.28. The lowest BCUT2D eigenvalue weighted by atomic mass is 9.97. The number of benzene rings is 1. The van der Waals surface area contributed by atoms with Crippen LogP contribution >= 0.6 is 15.9 Å². The van der Waals surface area contributed by atoms with Crippen LogP contribution in [0, 0.1) is 0 Å². The van der Waals surface area contributed by atoms with Gasteiger partial charge in [0.25, 0.3) is 0 Å². The molecule has 0 amide bonds. The highest BCUT2D eigenvalue weighted by atomic mass is 79.9. The number of ether oxygens (including phenoxy) is 1. The van der Waals surface area contributed by atoms with Crippen LogP contribution in [0.2, 0.25) is 0 Å². The third kappa shape index (κ3) is 3.52. The highest BCUT2D eigenvalue weighted by Crippen LogP contribution is 2.40. The van der Waals surface area contributed by atoms with Crippen LogP contribution in [0.5, 0.6) is 5.75 Å². The van der Waals surface area contributed by atoms with E-state index in [1.807, 2.05) is 36.5 Å². The average Bonchev–Trinajstić information content (AvgIpc) is 3.13. The first-order chi connectivity index (χ1) is 11.8. The molecule has 2 saturated heterocycles. The molecule has 1 aromatic carbocycles. The molecule has 0 N–H and O–H groups in total. The third-order valence-electron chi connectivity index (χ3n) is 5.38. The van der Waals surface area contributed by atoms with Gasteiger partial charge in [-0.25, -0.2) is 0 Å². The fourth-order valence-electron chi connectivity index (χ4n) is 4.29. The van der Waals surface area contributed by atoms with Crippen LogP contribution in [-0.4, -0.2) is 39.9 Å². The van der Waals surface area contributed by atoms with Gasteiger partial charge in [0.05, 0.1) is 23.3 Å².